The van der Waals surface area contributed by atoms with Gasteiger partial charge in [0, 0.05) is 29.2 Å². The molecule has 0 bridgehead atoms. The number of aromatic nitrogens is 2. The summed E-state index contributed by atoms with van der Waals surface area (Å²) in [5, 5.41) is 16.0. The van der Waals surface area contributed by atoms with Crippen molar-refractivity contribution in [3.8, 4) is 0 Å². The lowest BCUT2D eigenvalue weighted by Gasteiger charge is -2.33. The van der Waals surface area contributed by atoms with Crippen LogP contribution in [0.5, 0.6) is 0 Å². The van der Waals surface area contributed by atoms with Crippen molar-refractivity contribution in [3.63, 3.8) is 0 Å². The maximum absolute atomic E-state index is 4.10. The van der Waals surface area contributed by atoms with E-state index in [1.165, 1.54) is 75.3 Å². The van der Waals surface area contributed by atoms with Gasteiger partial charge < -0.3 is 10.6 Å². The first-order valence-corrected chi connectivity index (χ1v) is 9.82. The number of benzene rings is 1. The van der Waals surface area contributed by atoms with Gasteiger partial charge in [-0.25, -0.2) is 0 Å². The molecule has 2 aliphatic carbocycles. The molecular weight excluding hydrogens is 296 g/mol. The van der Waals surface area contributed by atoms with Gasteiger partial charge in [0.2, 0.25) is 0 Å². The van der Waals surface area contributed by atoms with Crippen LogP contribution in [0, 0.1) is 0 Å². The van der Waals surface area contributed by atoms with Gasteiger partial charge in [0.05, 0.1) is 11.7 Å². The highest BCUT2D eigenvalue weighted by molar-refractivity contribution is 5.81. The topological polar surface area (TPSA) is 52.7 Å². The Labute approximate surface area is 144 Å². The molecule has 0 saturated heterocycles. The summed E-state index contributed by atoms with van der Waals surface area (Å²) >= 11 is 0. The highest BCUT2D eigenvalue weighted by Crippen LogP contribution is 2.26. The number of H-pyrrole nitrogens is 1. The van der Waals surface area contributed by atoms with E-state index >= 15 is 0 Å². The molecule has 2 saturated carbocycles. The van der Waals surface area contributed by atoms with Gasteiger partial charge in [-0.3, -0.25) is 5.10 Å². The fourth-order valence-corrected chi connectivity index (χ4v) is 4.45. The van der Waals surface area contributed by atoms with E-state index < -0.39 is 0 Å². The fraction of sp³-hybridized carbons (Fsp3) is 0.650. The third kappa shape index (κ3) is 3.92. The third-order valence-corrected chi connectivity index (χ3v) is 5.86. The summed E-state index contributed by atoms with van der Waals surface area (Å²) in [4.78, 5) is 0. The molecule has 2 aliphatic rings. The van der Waals surface area contributed by atoms with Crippen LogP contribution in [0.1, 0.15) is 64.2 Å². The van der Waals surface area contributed by atoms with E-state index in [1.807, 2.05) is 6.20 Å². The van der Waals surface area contributed by atoms with E-state index in [1.54, 1.807) is 0 Å². The highest BCUT2D eigenvalue weighted by atomic mass is 15.1. The first-order chi connectivity index (χ1) is 11.9. The van der Waals surface area contributed by atoms with E-state index in [0.29, 0.717) is 6.04 Å². The van der Waals surface area contributed by atoms with Crippen molar-refractivity contribution in [2.75, 3.05) is 5.32 Å². The maximum atomic E-state index is 4.10. The molecular formula is C20H30N4. The molecule has 0 radical (unpaired) electrons. The second-order valence-electron chi connectivity index (χ2n) is 7.72. The van der Waals surface area contributed by atoms with Gasteiger partial charge in [0.1, 0.15) is 0 Å². The summed E-state index contributed by atoms with van der Waals surface area (Å²) in [6, 6.07) is 8.61. The average molecular weight is 326 g/mol. The zero-order chi connectivity index (χ0) is 16.2. The van der Waals surface area contributed by atoms with Gasteiger partial charge in [-0.2, -0.15) is 5.10 Å². The first kappa shape index (κ1) is 15.9. The molecule has 0 atom stereocenters. The van der Waals surface area contributed by atoms with Crippen LogP contribution in [0.25, 0.3) is 10.9 Å². The van der Waals surface area contributed by atoms with Crippen LogP contribution in [0.15, 0.2) is 24.4 Å². The quantitative estimate of drug-likeness (QED) is 0.720. The Morgan fingerprint density at radius 1 is 0.833 bits per heavy atom. The number of hydrogen-bond acceptors (Lipinski definition) is 3. The van der Waals surface area contributed by atoms with E-state index in [2.05, 4.69) is 39.0 Å². The summed E-state index contributed by atoms with van der Waals surface area (Å²) in [7, 11) is 0. The van der Waals surface area contributed by atoms with Gasteiger partial charge in [-0.15, -0.1) is 0 Å². The van der Waals surface area contributed by atoms with Crippen LogP contribution in [-0.4, -0.2) is 28.3 Å². The molecule has 2 fully saturated rings. The minimum absolute atomic E-state index is 0.613. The largest absolute Gasteiger partial charge is 0.382 e. The average Bonchev–Trinajstić information content (AvgIpc) is 2.92. The molecule has 130 valence electrons. The predicted molar refractivity (Wildman–Crippen MR) is 100 cm³/mol. The van der Waals surface area contributed by atoms with E-state index in [9.17, 15) is 0 Å². The molecule has 1 aromatic heterocycles. The van der Waals surface area contributed by atoms with Gasteiger partial charge in [-0.05, 0) is 56.7 Å². The Morgan fingerprint density at radius 2 is 1.54 bits per heavy atom. The molecule has 4 heteroatoms. The van der Waals surface area contributed by atoms with Crippen LogP contribution in [0.3, 0.4) is 0 Å². The van der Waals surface area contributed by atoms with Crippen LogP contribution in [0.4, 0.5) is 5.69 Å². The summed E-state index contributed by atoms with van der Waals surface area (Å²) in [6.07, 6.45) is 15.6. The maximum Gasteiger partial charge on any atom is 0.0651 e. The van der Waals surface area contributed by atoms with Crippen molar-refractivity contribution in [3.05, 3.63) is 24.4 Å². The van der Waals surface area contributed by atoms with Gasteiger partial charge >= 0.3 is 0 Å². The molecule has 3 N–H and O–H groups in total. The zero-order valence-electron chi connectivity index (χ0n) is 14.6. The van der Waals surface area contributed by atoms with Crippen molar-refractivity contribution in [2.45, 2.75) is 82.3 Å². The van der Waals surface area contributed by atoms with Crippen LogP contribution >= 0.6 is 0 Å². The van der Waals surface area contributed by atoms with Gasteiger partial charge in [-0.1, -0.05) is 25.7 Å². The molecule has 1 heterocycles. The lowest BCUT2D eigenvalue weighted by atomic mass is 9.90. The zero-order valence-corrected chi connectivity index (χ0v) is 14.6. The van der Waals surface area contributed by atoms with Crippen molar-refractivity contribution in [1.82, 2.24) is 15.5 Å². The third-order valence-electron chi connectivity index (χ3n) is 5.86. The predicted octanol–water partition coefficient (Wildman–Crippen LogP) is 4.60. The van der Waals surface area contributed by atoms with E-state index in [-0.39, 0.29) is 0 Å². The summed E-state index contributed by atoms with van der Waals surface area (Å²) < 4.78 is 0. The molecule has 0 spiro atoms. The monoisotopic (exact) mass is 326 g/mol. The second-order valence-corrected chi connectivity index (χ2v) is 7.72. The Balaban J connectivity index is 1.26. The van der Waals surface area contributed by atoms with Crippen molar-refractivity contribution >= 4 is 16.6 Å². The van der Waals surface area contributed by atoms with Crippen LogP contribution in [0.2, 0.25) is 0 Å². The van der Waals surface area contributed by atoms with Crippen LogP contribution in [-0.2, 0) is 0 Å². The number of aromatic amines is 1. The van der Waals surface area contributed by atoms with E-state index in [4.69, 9.17) is 0 Å². The van der Waals surface area contributed by atoms with Crippen molar-refractivity contribution in [2.24, 2.45) is 0 Å². The first-order valence-electron chi connectivity index (χ1n) is 9.82. The number of nitrogens with one attached hydrogen (secondary N) is 3. The fourth-order valence-electron chi connectivity index (χ4n) is 4.45. The Kier molecular flexibility index (Phi) is 5.02. The standard InChI is InChI=1S/C20H30N4/c1-2-4-6-16(5-3-1)22-17-7-9-18(10-8-17)23-19-11-12-20-15(13-19)14-21-24-20/h11-14,16-18,22-23H,1-10H2,(H,21,24)/t17-,18-. The van der Waals surface area contributed by atoms with Crippen molar-refractivity contribution < 1.29 is 0 Å². The summed E-state index contributed by atoms with van der Waals surface area (Å²) in [5.74, 6) is 0. The molecule has 1 aromatic carbocycles. The molecule has 0 unspecified atom stereocenters. The smallest absolute Gasteiger partial charge is 0.0651 e. The van der Waals surface area contributed by atoms with Crippen molar-refractivity contribution in [1.29, 1.82) is 0 Å². The molecule has 4 nitrogen and oxygen atoms in total. The number of fused-ring (bicyclic) bond motifs is 1. The minimum atomic E-state index is 0.613. The summed E-state index contributed by atoms with van der Waals surface area (Å²) in [5.41, 5.74) is 2.33. The lowest BCUT2D eigenvalue weighted by Crippen LogP contribution is -2.42. The number of hydrogen-bond donors (Lipinski definition) is 3. The lowest BCUT2D eigenvalue weighted by molar-refractivity contribution is 0.309. The molecule has 0 aliphatic heterocycles. The highest BCUT2D eigenvalue weighted by Gasteiger charge is 2.23. The molecule has 2 aromatic rings. The van der Waals surface area contributed by atoms with Gasteiger partial charge in [0.25, 0.3) is 0 Å². The normalized spacial score (nSPS) is 26.3. The number of nitrogens with zero attached hydrogens (tertiary/aromatic N) is 1. The minimum Gasteiger partial charge on any atom is -0.382 e. The SMILES string of the molecule is c1cc2[nH]ncc2cc1N[C@H]1CC[C@H](NC2CCCCCC2)CC1. The van der Waals surface area contributed by atoms with Gasteiger partial charge in [0.15, 0.2) is 0 Å². The Hall–Kier alpha value is -1.55. The number of rotatable bonds is 4. The summed E-state index contributed by atoms with van der Waals surface area (Å²) in [6.45, 7) is 0. The van der Waals surface area contributed by atoms with Crippen LogP contribution < -0.4 is 10.6 Å². The Bertz CT molecular complexity index is 634. The molecule has 24 heavy (non-hydrogen) atoms. The Morgan fingerprint density at radius 3 is 2.33 bits per heavy atom. The molecule has 0 amide bonds. The molecule has 4 rings (SSSR count). The number of anilines is 1. The van der Waals surface area contributed by atoms with E-state index in [0.717, 1.165) is 17.6 Å². The second kappa shape index (κ2) is 7.56.